The molecule has 1 aliphatic heterocycles. The molecule has 2 rings (SSSR count). The van der Waals surface area contributed by atoms with E-state index < -0.39 is 6.17 Å². The van der Waals surface area contributed by atoms with Crippen LogP contribution < -0.4 is 4.90 Å². The summed E-state index contributed by atoms with van der Waals surface area (Å²) in [6.07, 6.45) is 4.91. The van der Waals surface area contributed by atoms with E-state index in [0.29, 0.717) is 5.92 Å². The second-order valence-corrected chi connectivity index (χ2v) is 6.28. The van der Waals surface area contributed by atoms with Crippen LogP contribution in [0, 0.1) is 17.8 Å². The molecule has 5 atom stereocenters. The predicted molar refractivity (Wildman–Crippen MR) is 65.4 cm³/mol. The van der Waals surface area contributed by atoms with E-state index >= 15 is 0 Å². The summed E-state index contributed by atoms with van der Waals surface area (Å²) in [6, 6.07) is 0. The van der Waals surface area contributed by atoms with Crippen molar-refractivity contribution in [2.45, 2.75) is 52.1 Å². The molecule has 2 fully saturated rings. The van der Waals surface area contributed by atoms with E-state index in [9.17, 15) is 4.39 Å². The molecular weight excluding hydrogens is 201 g/mol. The predicted octanol–water partition coefficient (Wildman–Crippen LogP) is 2.08. The van der Waals surface area contributed by atoms with E-state index in [-0.39, 0.29) is 0 Å². The van der Waals surface area contributed by atoms with Gasteiger partial charge in [0, 0.05) is 11.8 Å². The third kappa shape index (κ3) is 3.19. The molecule has 94 valence electrons. The van der Waals surface area contributed by atoms with Crippen molar-refractivity contribution in [1.29, 1.82) is 0 Å². The monoisotopic (exact) mass is 228 g/mol. The van der Waals surface area contributed by atoms with Crippen LogP contribution in [0.5, 0.6) is 0 Å². The van der Waals surface area contributed by atoms with Gasteiger partial charge in [-0.15, -0.1) is 0 Å². The summed E-state index contributed by atoms with van der Waals surface area (Å²) in [5.41, 5.74) is 0. The third-order valence-electron chi connectivity index (χ3n) is 4.83. The lowest BCUT2D eigenvalue weighted by molar-refractivity contribution is -0.913. The van der Waals surface area contributed by atoms with Gasteiger partial charge in [-0.2, -0.15) is 0 Å². The average molecular weight is 228 g/mol. The number of hydrogen-bond acceptors (Lipinski definition) is 0. The van der Waals surface area contributed by atoms with Crippen LogP contribution in [0.25, 0.3) is 0 Å². The second-order valence-electron chi connectivity index (χ2n) is 6.28. The number of rotatable bonds is 2. The van der Waals surface area contributed by atoms with E-state index in [0.717, 1.165) is 31.1 Å². The summed E-state index contributed by atoms with van der Waals surface area (Å²) >= 11 is 0. The molecule has 1 aliphatic carbocycles. The van der Waals surface area contributed by atoms with Crippen LogP contribution in [0.3, 0.4) is 0 Å². The van der Waals surface area contributed by atoms with Gasteiger partial charge in [-0.3, -0.25) is 0 Å². The molecule has 1 heterocycles. The van der Waals surface area contributed by atoms with Crippen LogP contribution in [0.4, 0.5) is 4.39 Å². The number of piperidine rings is 1. The highest BCUT2D eigenvalue weighted by Crippen LogP contribution is 2.25. The molecule has 1 saturated heterocycles. The summed E-state index contributed by atoms with van der Waals surface area (Å²) < 4.78 is 13.3. The normalized spacial score (nSPS) is 45.6. The van der Waals surface area contributed by atoms with Gasteiger partial charge in [-0.1, -0.05) is 20.3 Å². The Morgan fingerprint density at radius 3 is 2.62 bits per heavy atom. The summed E-state index contributed by atoms with van der Waals surface area (Å²) in [4.78, 5) is 1.74. The molecule has 2 heteroatoms. The first kappa shape index (κ1) is 12.3. The summed E-state index contributed by atoms with van der Waals surface area (Å²) in [5, 5.41) is 0. The molecule has 5 unspecified atom stereocenters. The van der Waals surface area contributed by atoms with Crippen molar-refractivity contribution in [2.24, 2.45) is 17.8 Å². The van der Waals surface area contributed by atoms with E-state index in [4.69, 9.17) is 0 Å². The maximum Gasteiger partial charge on any atom is 0.101 e. The van der Waals surface area contributed by atoms with Gasteiger partial charge in [-0.25, -0.2) is 4.39 Å². The minimum Gasteiger partial charge on any atom is -0.334 e. The maximum absolute atomic E-state index is 13.3. The number of nitrogens with one attached hydrogen (secondary N) is 1. The molecule has 0 bridgehead atoms. The first-order valence-corrected chi connectivity index (χ1v) is 7.12. The molecular formula is C14H27FN+. The van der Waals surface area contributed by atoms with Crippen LogP contribution in [0.1, 0.15) is 46.0 Å². The van der Waals surface area contributed by atoms with E-state index in [1.165, 1.54) is 32.5 Å². The van der Waals surface area contributed by atoms with E-state index in [1.807, 2.05) is 0 Å². The van der Waals surface area contributed by atoms with Crippen LogP contribution in [0.2, 0.25) is 0 Å². The first-order chi connectivity index (χ1) is 7.65. The lowest BCUT2D eigenvalue weighted by Gasteiger charge is -2.35. The van der Waals surface area contributed by atoms with Crippen LogP contribution in [0.15, 0.2) is 0 Å². The fourth-order valence-corrected chi connectivity index (χ4v) is 3.48. The van der Waals surface area contributed by atoms with Crippen LogP contribution in [-0.2, 0) is 0 Å². The fraction of sp³-hybridized carbons (Fsp3) is 1.00. The Hall–Kier alpha value is -0.110. The highest BCUT2D eigenvalue weighted by atomic mass is 19.1. The van der Waals surface area contributed by atoms with Gasteiger partial charge in [0.1, 0.15) is 6.17 Å². The number of likely N-dealkylation sites (tertiary alicyclic amines) is 1. The van der Waals surface area contributed by atoms with Gasteiger partial charge in [0.05, 0.1) is 19.6 Å². The van der Waals surface area contributed by atoms with Crippen molar-refractivity contribution in [3.63, 3.8) is 0 Å². The van der Waals surface area contributed by atoms with Crippen molar-refractivity contribution in [1.82, 2.24) is 0 Å². The lowest BCUT2D eigenvalue weighted by Crippen LogP contribution is -3.14. The van der Waals surface area contributed by atoms with Crippen molar-refractivity contribution in [3.8, 4) is 0 Å². The molecule has 1 nitrogen and oxygen atoms in total. The van der Waals surface area contributed by atoms with Gasteiger partial charge >= 0.3 is 0 Å². The Bertz CT molecular complexity index is 219. The minimum absolute atomic E-state index is 0.501. The first-order valence-electron chi connectivity index (χ1n) is 7.12. The third-order valence-corrected chi connectivity index (χ3v) is 4.83. The largest absolute Gasteiger partial charge is 0.334 e. The fourth-order valence-electron chi connectivity index (χ4n) is 3.48. The number of quaternary nitrogens is 1. The summed E-state index contributed by atoms with van der Waals surface area (Å²) in [5.74, 6) is 2.41. The summed E-state index contributed by atoms with van der Waals surface area (Å²) in [7, 11) is 0. The second kappa shape index (κ2) is 5.48. The van der Waals surface area contributed by atoms with Crippen LogP contribution in [-0.4, -0.2) is 25.8 Å². The molecule has 2 aliphatic rings. The van der Waals surface area contributed by atoms with Gasteiger partial charge in [-0.05, 0) is 31.6 Å². The maximum atomic E-state index is 13.3. The molecule has 0 spiro atoms. The quantitative estimate of drug-likeness (QED) is 0.738. The SMILES string of the molecule is CC1CC[NH+](CC2CCCC(F)C2)CC1C. The van der Waals surface area contributed by atoms with Gasteiger partial charge in [0.25, 0.3) is 0 Å². The highest BCUT2D eigenvalue weighted by Gasteiger charge is 2.30. The van der Waals surface area contributed by atoms with Crippen molar-refractivity contribution in [3.05, 3.63) is 0 Å². The smallest absolute Gasteiger partial charge is 0.101 e. The molecule has 0 amide bonds. The van der Waals surface area contributed by atoms with E-state index in [1.54, 1.807) is 4.90 Å². The van der Waals surface area contributed by atoms with Crippen molar-refractivity contribution in [2.75, 3.05) is 19.6 Å². The Morgan fingerprint density at radius 2 is 1.94 bits per heavy atom. The Morgan fingerprint density at radius 1 is 1.12 bits per heavy atom. The highest BCUT2D eigenvalue weighted by molar-refractivity contribution is 4.72. The lowest BCUT2D eigenvalue weighted by atomic mass is 9.85. The van der Waals surface area contributed by atoms with Gasteiger partial charge in [0.15, 0.2) is 0 Å². The van der Waals surface area contributed by atoms with Gasteiger partial charge < -0.3 is 4.90 Å². The Labute approximate surface area is 99.4 Å². The zero-order valence-electron chi connectivity index (χ0n) is 10.8. The zero-order valence-corrected chi connectivity index (χ0v) is 10.8. The molecule has 0 radical (unpaired) electrons. The molecule has 0 aromatic rings. The summed E-state index contributed by atoms with van der Waals surface area (Å²) in [6.45, 7) is 8.62. The number of alkyl halides is 1. The van der Waals surface area contributed by atoms with E-state index in [2.05, 4.69) is 13.8 Å². The zero-order chi connectivity index (χ0) is 11.5. The topological polar surface area (TPSA) is 4.44 Å². The number of hydrogen-bond donors (Lipinski definition) is 1. The molecule has 1 saturated carbocycles. The Kier molecular flexibility index (Phi) is 4.23. The Balaban J connectivity index is 1.76. The van der Waals surface area contributed by atoms with Crippen molar-refractivity contribution < 1.29 is 9.29 Å². The molecule has 16 heavy (non-hydrogen) atoms. The van der Waals surface area contributed by atoms with Crippen molar-refractivity contribution >= 4 is 0 Å². The molecule has 0 aromatic carbocycles. The standard InChI is InChI=1S/C14H26FN/c1-11-6-7-16(9-12(11)2)10-13-4-3-5-14(15)8-13/h11-14H,3-10H2,1-2H3/p+1. The van der Waals surface area contributed by atoms with Crippen LogP contribution >= 0.6 is 0 Å². The minimum atomic E-state index is -0.501. The average Bonchev–Trinajstić information content (AvgIpc) is 2.24. The molecule has 1 N–H and O–H groups in total. The van der Waals surface area contributed by atoms with Gasteiger partial charge in [0.2, 0.25) is 0 Å². The number of halogens is 1. The molecule has 0 aromatic heterocycles.